The first kappa shape index (κ1) is 19.3. The quantitative estimate of drug-likeness (QED) is 0.659. The minimum absolute atomic E-state index is 0.117. The van der Waals surface area contributed by atoms with E-state index in [1.807, 2.05) is 81.4 Å². The standard InChI is InChI=1S/C21H23N5O2/c1-21(2,3)14-28-20(27)26-19-24-17(15-10-6-4-7-11-15)23-18(25-19)22-16-12-8-5-9-13-16/h4-13H,14H2,1-3H3,(H2,22,23,24,25,26,27). The molecule has 2 aromatic carbocycles. The molecule has 0 aliphatic rings. The van der Waals surface area contributed by atoms with E-state index in [0.29, 0.717) is 11.8 Å². The van der Waals surface area contributed by atoms with Gasteiger partial charge >= 0.3 is 6.09 Å². The topological polar surface area (TPSA) is 89.0 Å². The number of carbonyl (C=O) groups excluding carboxylic acids is 1. The fourth-order valence-corrected chi connectivity index (χ4v) is 2.26. The molecular formula is C21H23N5O2. The largest absolute Gasteiger partial charge is 0.449 e. The lowest BCUT2D eigenvalue weighted by Crippen LogP contribution is -2.23. The SMILES string of the molecule is CC(C)(C)COC(=O)Nc1nc(Nc2ccccc2)nc(-c2ccccc2)n1. The molecule has 0 saturated carbocycles. The van der Waals surface area contributed by atoms with Crippen LogP contribution < -0.4 is 10.6 Å². The molecule has 0 fully saturated rings. The third kappa shape index (κ3) is 5.77. The number of rotatable bonds is 5. The summed E-state index contributed by atoms with van der Waals surface area (Å²) < 4.78 is 5.24. The molecule has 0 spiro atoms. The number of hydrogen-bond acceptors (Lipinski definition) is 6. The zero-order chi connectivity index (χ0) is 20.0. The highest BCUT2D eigenvalue weighted by Gasteiger charge is 2.16. The zero-order valence-electron chi connectivity index (χ0n) is 16.1. The van der Waals surface area contributed by atoms with Crippen molar-refractivity contribution in [1.29, 1.82) is 0 Å². The number of para-hydroxylation sites is 1. The van der Waals surface area contributed by atoms with Crippen molar-refractivity contribution in [1.82, 2.24) is 15.0 Å². The van der Waals surface area contributed by atoms with Crippen molar-refractivity contribution in [3.8, 4) is 11.4 Å². The molecular weight excluding hydrogens is 354 g/mol. The van der Waals surface area contributed by atoms with Crippen molar-refractivity contribution in [2.45, 2.75) is 20.8 Å². The average Bonchev–Trinajstić information content (AvgIpc) is 2.67. The van der Waals surface area contributed by atoms with Gasteiger partial charge in [0, 0.05) is 11.3 Å². The molecule has 7 heteroatoms. The summed E-state index contributed by atoms with van der Waals surface area (Å²) in [5.41, 5.74) is 1.51. The number of anilines is 3. The predicted molar refractivity (Wildman–Crippen MR) is 109 cm³/mol. The molecule has 3 rings (SSSR count). The maximum atomic E-state index is 12.1. The van der Waals surface area contributed by atoms with Crippen LogP contribution in [0.1, 0.15) is 20.8 Å². The Bertz CT molecular complexity index is 925. The second-order valence-electron chi connectivity index (χ2n) is 7.43. The van der Waals surface area contributed by atoms with Crippen molar-refractivity contribution >= 4 is 23.7 Å². The molecule has 2 N–H and O–H groups in total. The van der Waals surface area contributed by atoms with Crippen LogP contribution in [-0.2, 0) is 4.74 Å². The van der Waals surface area contributed by atoms with Gasteiger partial charge < -0.3 is 10.1 Å². The van der Waals surface area contributed by atoms with Crippen molar-refractivity contribution < 1.29 is 9.53 Å². The Labute approximate surface area is 164 Å². The molecule has 1 amide bonds. The van der Waals surface area contributed by atoms with Gasteiger partial charge in [-0.2, -0.15) is 15.0 Å². The van der Waals surface area contributed by atoms with Gasteiger partial charge in [0.05, 0.1) is 6.61 Å². The Kier molecular flexibility index (Phi) is 5.84. The Hall–Kier alpha value is -3.48. The highest BCUT2D eigenvalue weighted by Crippen LogP contribution is 2.20. The lowest BCUT2D eigenvalue weighted by atomic mass is 9.99. The smallest absolute Gasteiger partial charge is 0.414 e. The monoisotopic (exact) mass is 377 g/mol. The van der Waals surface area contributed by atoms with Crippen LogP contribution in [0.4, 0.5) is 22.4 Å². The van der Waals surface area contributed by atoms with E-state index in [9.17, 15) is 4.79 Å². The highest BCUT2D eigenvalue weighted by atomic mass is 16.5. The maximum absolute atomic E-state index is 12.1. The molecule has 0 atom stereocenters. The Morgan fingerprint density at radius 3 is 2.14 bits per heavy atom. The van der Waals surface area contributed by atoms with E-state index in [1.165, 1.54) is 0 Å². The second-order valence-corrected chi connectivity index (χ2v) is 7.43. The first-order chi connectivity index (χ1) is 13.4. The van der Waals surface area contributed by atoms with Crippen LogP contribution >= 0.6 is 0 Å². The van der Waals surface area contributed by atoms with Crippen molar-refractivity contribution in [2.24, 2.45) is 5.41 Å². The number of aromatic nitrogens is 3. The molecule has 0 bridgehead atoms. The van der Waals surface area contributed by atoms with Gasteiger partial charge in [0.15, 0.2) is 5.82 Å². The molecule has 1 heterocycles. The van der Waals surface area contributed by atoms with Crippen LogP contribution in [0, 0.1) is 5.41 Å². The number of amides is 1. The fraction of sp³-hybridized carbons (Fsp3) is 0.238. The predicted octanol–water partition coefficient (Wildman–Crippen LogP) is 4.88. The summed E-state index contributed by atoms with van der Waals surface area (Å²) in [6, 6.07) is 19.0. The van der Waals surface area contributed by atoms with Gasteiger partial charge in [0.25, 0.3) is 0 Å². The van der Waals surface area contributed by atoms with Gasteiger partial charge in [-0.05, 0) is 17.5 Å². The summed E-state index contributed by atoms with van der Waals surface area (Å²) in [5.74, 6) is 0.887. The van der Waals surface area contributed by atoms with E-state index in [4.69, 9.17) is 4.74 Å². The van der Waals surface area contributed by atoms with Gasteiger partial charge in [-0.1, -0.05) is 69.3 Å². The summed E-state index contributed by atoms with van der Waals surface area (Å²) in [6.07, 6.45) is -0.606. The summed E-state index contributed by atoms with van der Waals surface area (Å²) in [7, 11) is 0. The third-order valence-corrected chi connectivity index (χ3v) is 3.55. The number of nitrogens with one attached hydrogen (secondary N) is 2. The minimum Gasteiger partial charge on any atom is -0.449 e. The lowest BCUT2D eigenvalue weighted by molar-refractivity contribution is 0.118. The molecule has 3 aromatic rings. The molecule has 144 valence electrons. The zero-order valence-corrected chi connectivity index (χ0v) is 16.1. The van der Waals surface area contributed by atoms with E-state index in [0.717, 1.165) is 11.3 Å². The van der Waals surface area contributed by atoms with Crippen molar-refractivity contribution in [2.75, 3.05) is 17.2 Å². The van der Waals surface area contributed by atoms with Crippen molar-refractivity contribution in [3.05, 3.63) is 60.7 Å². The number of nitrogens with zero attached hydrogens (tertiary/aromatic N) is 3. The van der Waals surface area contributed by atoms with E-state index >= 15 is 0 Å². The van der Waals surface area contributed by atoms with E-state index in [1.54, 1.807) is 0 Å². The van der Waals surface area contributed by atoms with Gasteiger partial charge in [-0.15, -0.1) is 0 Å². The molecule has 0 saturated heterocycles. The van der Waals surface area contributed by atoms with Crippen LogP contribution in [0.15, 0.2) is 60.7 Å². The van der Waals surface area contributed by atoms with E-state index < -0.39 is 6.09 Å². The van der Waals surface area contributed by atoms with Crippen molar-refractivity contribution in [3.63, 3.8) is 0 Å². The Morgan fingerprint density at radius 2 is 1.50 bits per heavy atom. The first-order valence-corrected chi connectivity index (χ1v) is 8.96. The fourth-order valence-electron chi connectivity index (χ4n) is 2.26. The summed E-state index contributed by atoms with van der Waals surface area (Å²) in [4.78, 5) is 25.2. The van der Waals surface area contributed by atoms with Gasteiger partial charge in [0.2, 0.25) is 11.9 Å². The molecule has 7 nitrogen and oxygen atoms in total. The van der Waals surface area contributed by atoms with Gasteiger partial charge in [-0.25, -0.2) is 4.79 Å². The highest BCUT2D eigenvalue weighted by molar-refractivity contribution is 5.82. The minimum atomic E-state index is -0.606. The van der Waals surface area contributed by atoms with Crippen LogP contribution in [-0.4, -0.2) is 27.7 Å². The molecule has 1 aromatic heterocycles. The maximum Gasteiger partial charge on any atom is 0.414 e. The summed E-state index contributed by atoms with van der Waals surface area (Å²) in [6.45, 7) is 6.24. The Morgan fingerprint density at radius 1 is 0.893 bits per heavy atom. The summed E-state index contributed by atoms with van der Waals surface area (Å²) in [5, 5.41) is 5.72. The number of carbonyl (C=O) groups is 1. The summed E-state index contributed by atoms with van der Waals surface area (Å²) >= 11 is 0. The van der Waals surface area contributed by atoms with E-state index in [2.05, 4.69) is 25.6 Å². The molecule has 0 aliphatic carbocycles. The van der Waals surface area contributed by atoms with E-state index in [-0.39, 0.29) is 18.0 Å². The van der Waals surface area contributed by atoms with Gasteiger partial charge in [-0.3, -0.25) is 5.32 Å². The molecule has 0 radical (unpaired) electrons. The Balaban J connectivity index is 1.86. The van der Waals surface area contributed by atoms with Crippen LogP contribution in [0.25, 0.3) is 11.4 Å². The first-order valence-electron chi connectivity index (χ1n) is 8.96. The molecule has 28 heavy (non-hydrogen) atoms. The third-order valence-electron chi connectivity index (χ3n) is 3.55. The number of hydrogen-bond donors (Lipinski definition) is 2. The average molecular weight is 377 g/mol. The second kappa shape index (κ2) is 8.47. The van der Waals surface area contributed by atoms with Crippen LogP contribution in [0.5, 0.6) is 0 Å². The molecule has 0 aliphatic heterocycles. The lowest BCUT2D eigenvalue weighted by Gasteiger charge is -2.17. The normalized spacial score (nSPS) is 11.0. The van der Waals surface area contributed by atoms with Crippen LogP contribution in [0.3, 0.4) is 0 Å². The van der Waals surface area contributed by atoms with Crippen LogP contribution in [0.2, 0.25) is 0 Å². The van der Waals surface area contributed by atoms with Gasteiger partial charge in [0.1, 0.15) is 0 Å². The number of ether oxygens (including phenoxy) is 1. The number of benzene rings is 2. The molecule has 0 unspecified atom stereocenters.